The van der Waals surface area contributed by atoms with Crippen LogP contribution in [0.1, 0.15) is 35.5 Å². The molecular formula is C19H13ClF3N5O4. The maximum Gasteiger partial charge on any atom is 0.437 e. The summed E-state index contributed by atoms with van der Waals surface area (Å²) in [5.74, 6) is -1.40. The standard InChI is InChI=1S/C19H13ClF3N5O4/c1-9(29)14-5-12(26-27-17(14)30)7-28-8-25-16(19(21,22)23)15(18(28)31)32-13-3-10(6-24)2-11(20)4-13/h2-5,8-9,29H,7H2,1H3,(H,27,30). The van der Waals surface area contributed by atoms with Gasteiger partial charge in [0, 0.05) is 10.6 Å². The average Bonchev–Trinajstić information content (AvgIpc) is 2.70. The Labute approximate surface area is 182 Å². The predicted molar refractivity (Wildman–Crippen MR) is 104 cm³/mol. The molecule has 1 aromatic carbocycles. The fraction of sp³-hybridized carbons (Fsp3) is 0.211. The van der Waals surface area contributed by atoms with Crippen LogP contribution in [0.3, 0.4) is 0 Å². The fourth-order valence-corrected chi connectivity index (χ4v) is 2.94. The minimum absolute atomic E-state index is 0.00775. The van der Waals surface area contributed by atoms with Gasteiger partial charge >= 0.3 is 6.18 Å². The SMILES string of the molecule is CC(O)c1cc(Cn2cnc(C(F)(F)F)c(Oc3cc(Cl)cc(C#N)c3)c2=O)n[nH]c1=O. The topological polar surface area (TPSA) is 134 Å². The number of nitrogens with one attached hydrogen (secondary N) is 1. The van der Waals surface area contributed by atoms with Crippen molar-refractivity contribution in [1.82, 2.24) is 19.7 Å². The van der Waals surface area contributed by atoms with Crippen molar-refractivity contribution in [3.63, 3.8) is 0 Å². The zero-order valence-corrected chi connectivity index (χ0v) is 16.9. The molecule has 0 fully saturated rings. The highest BCUT2D eigenvalue weighted by Crippen LogP contribution is 2.35. The van der Waals surface area contributed by atoms with Crippen LogP contribution in [0.2, 0.25) is 5.02 Å². The van der Waals surface area contributed by atoms with Crippen LogP contribution in [0, 0.1) is 11.3 Å². The zero-order chi connectivity index (χ0) is 23.6. The molecule has 32 heavy (non-hydrogen) atoms. The molecule has 0 saturated carbocycles. The lowest BCUT2D eigenvalue weighted by Crippen LogP contribution is -2.27. The summed E-state index contributed by atoms with van der Waals surface area (Å²) in [4.78, 5) is 27.8. The lowest BCUT2D eigenvalue weighted by Gasteiger charge is -2.15. The van der Waals surface area contributed by atoms with Crippen LogP contribution in [0.5, 0.6) is 11.5 Å². The van der Waals surface area contributed by atoms with Gasteiger partial charge in [-0.2, -0.15) is 23.5 Å². The van der Waals surface area contributed by atoms with E-state index in [1.54, 1.807) is 6.07 Å². The molecule has 0 aliphatic rings. The number of ether oxygens (including phenoxy) is 1. The molecule has 1 atom stereocenters. The number of nitriles is 1. The summed E-state index contributed by atoms with van der Waals surface area (Å²) in [6, 6.07) is 6.50. The molecule has 9 nitrogen and oxygen atoms in total. The number of halogens is 4. The van der Waals surface area contributed by atoms with E-state index < -0.39 is 34.8 Å². The van der Waals surface area contributed by atoms with Crippen molar-refractivity contribution >= 4 is 11.6 Å². The average molecular weight is 468 g/mol. The maximum absolute atomic E-state index is 13.5. The first-order chi connectivity index (χ1) is 15.0. The molecule has 0 aliphatic carbocycles. The first-order valence-electron chi connectivity index (χ1n) is 8.81. The molecule has 0 aliphatic heterocycles. The van der Waals surface area contributed by atoms with Gasteiger partial charge in [-0.3, -0.25) is 14.2 Å². The van der Waals surface area contributed by atoms with Crippen LogP contribution in [0.15, 0.2) is 40.2 Å². The molecule has 3 rings (SSSR count). The Bertz CT molecular complexity index is 1330. The third-order valence-electron chi connectivity index (χ3n) is 4.15. The Hall–Kier alpha value is -3.69. The van der Waals surface area contributed by atoms with Crippen LogP contribution >= 0.6 is 11.6 Å². The lowest BCUT2D eigenvalue weighted by molar-refractivity contribution is -0.142. The normalized spacial score (nSPS) is 12.3. The van der Waals surface area contributed by atoms with Crippen LogP contribution in [0.4, 0.5) is 13.2 Å². The number of aliphatic hydroxyl groups excluding tert-OH is 1. The highest BCUT2D eigenvalue weighted by molar-refractivity contribution is 6.30. The van der Waals surface area contributed by atoms with Crippen molar-refractivity contribution in [2.45, 2.75) is 25.7 Å². The first kappa shape index (κ1) is 23.0. The zero-order valence-electron chi connectivity index (χ0n) is 16.1. The van der Waals surface area contributed by atoms with Crippen LogP contribution in [-0.2, 0) is 12.7 Å². The molecular weight excluding hydrogens is 455 g/mol. The van der Waals surface area contributed by atoms with Gasteiger partial charge in [0.05, 0.1) is 36.3 Å². The monoisotopic (exact) mass is 467 g/mol. The second-order valence-corrected chi connectivity index (χ2v) is 7.00. The van der Waals surface area contributed by atoms with Gasteiger partial charge in [-0.05, 0) is 31.2 Å². The highest BCUT2D eigenvalue weighted by atomic mass is 35.5. The summed E-state index contributed by atoms with van der Waals surface area (Å²) in [5, 5.41) is 24.5. The smallest absolute Gasteiger partial charge is 0.437 e. The molecule has 13 heteroatoms. The number of rotatable bonds is 5. The van der Waals surface area contributed by atoms with E-state index in [0.29, 0.717) is 6.33 Å². The van der Waals surface area contributed by atoms with Crippen LogP contribution < -0.4 is 15.9 Å². The summed E-state index contributed by atoms with van der Waals surface area (Å²) >= 11 is 5.85. The molecule has 0 spiro atoms. The van der Waals surface area contributed by atoms with E-state index >= 15 is 0 Å². The van der Waals surface area contributed by atoms with Crippen molar-refractivity contribution in [3.8, 4) is 17.6 Å². The number of aliphatic hydroxyl groups is 1. The number of aromatic nitrogens is 4. The predicted octanol–water partition coefficient (Wildman–Crippen LogP) is 2.76. The number of benzene rings is 1. The third kappa shape index (κ3) is 4.96. The van der Waals surface area contributed by atoms with Crippen LogP contribution in [-0.4, -0.2) is 24.9 Å². The van der Waals surface area contributed by atoms with Crippen molar-refractivity contribution < 1.29 is 23.0 Å². The van der Waals surface area contributed by atoms with E-state index in [0.717, 1.165) is 16.7 Å². The van der Waals surface area contributed by atoms with Gasteiger partial charge in [-0.25, -0.2) is 10.1 Å². The fourth-order valence-electron chi connectivity index (χ4n) is 2.71. The largest absolute Gasteiger partial charge is 0.449 e. The van der Waals surface area contributed by atoms with Crippen LogP contribution in [0.25, 0.3) is 0 Å². The molecule has 0 radical (unpaired) electrons. The Morgan fingerprint density at radius 2 is 2.03 bits per heavy atom. The Kier molecular flexibility index (Phi) is 6.33. The molecule has 2 heterocycles. The molecule has 166 valence electrons. The number of hydrogen-bond donors (Lipinski definition) is 2. The first-order valence-corrected chi connectivity index (χ1v) is 9.19. The maximum atomic E-state index is 13.5. The number of alkyl halides is 3. The van der Waals surface area contributed by atoms with Gasteiger partial charge in [-0.15, -0.1) is 0 Å². The second kappa shape index (κ2) is 8.81. The molecule has 0 bridgehead atoms. The Morgan fingerprint density at radius 1 is 1.31 bits per heavy atom. The van der Waals surface area contributed by atoms with Gasteiger partial charge in [0.25, 0.3) is 11.1 Å². The number of nitrogens with zero attached hydrogens (tertiary/aromatic N) is 4. The van der Waals surface area contributed by atoms with Crippen molar-refractivity contribution in [3.05, 3.63) is 78.8 Å². The van der Waals surface area contributed by atoms with E-state index in [1.807, 2.05) is 0 Å². The number of H-pyrrole nitrogens is 1. The van der Waals surface area contributed by atoms with E-state index in [1.165, 1.54) is 19.1 Å². The van der Waals surface area contributed by atoms with E-state index in [2.05, 4.69) is 15.2 Å². The molecule has 1 unspecified atom stereocenters. The molecule has 2 aromatic heterocycles. The number of aromatic amines is 1. The minimum Gasteiger partial charge on any atom is -0.449 e. The summed E-state index contributed by atoms with van der Waals surface area (Å²) in [5.41, 5.74) is -3.38. The Morgan fingerprint density at radius 3 is 2.66 bits per heavy atom. The minimum atomic E-state index is -5.01. The van der Waals surface area contributed by atoms with Gasteiger partial charge in [0.15, 0.2) is 5.69 Å². The Balaban J connectivity index is 2.09. The van der Waals surface area contributed by atoms with E-state index in [4.69, 9.17) is 21.6 Å². The summed E-state index contributed by atoms with van der Waals surface area (Å²) in [6.45, 7) is 0.961. The van der Waals surface area contributed by atoms with Crippen molar-refractivity contribution in [2.75, 3.05) is 0 Å². The lowest BCUT2D eigenvalue weighted by atomic mass is 10.2. The molecule has 2 N–H and O–H groups in total. The molecule has 0 amide bonds. The molecule has 0 saturated heterocycles. The highest BCUT2D eigenvalue weighted by Gasteiger charge is 2.38. The summed E-state index contributed by atoms with van der Waals surface area (Å²) in [6.07, 6.45) is -5.50. The second-order valence-electron chi connectivity index (χ2n) is 6.56. The molecule has 3 aromatic rings. The summed E-state index contributed by atoms with van der Waals surface area (Å²) < 4.78 is 46.3. The van der Waals surface area contributed by atoms with E-state index in [-0.39, 0.29) is 34.1 Å². The van der Waals surface area contributed by atoms with Gasteiger partial charge < -0.3 is 9.84 Å². The van der Waals surface area contributed by atoms with Gasteiger partial charge in [0.2, 0.25) is 5.75 Å². The van der Waals surface area contributed by atoms with Crippen molar-refractivity contribution in [2.24, 2.45) is 0 Å². The van der Waals surface area contributed by atoms with Gasteiger partial charge in [0.1, 0.15) is 5.75 Å². The quantitative estimate of drug-likeness (QED) is 0.589. The van der Waals surface area contributed by atoms with Crippen molar-refractivity contribution in [1.29, 1.82) is 5.26 Å². The summed E-state index contributed by atoms with van der Waals surface area (Å²) in [7, 11) is 0. The van der Waals surface area contributed by atoms with Gasteiger partial charge in [-0.1, -0.05) is 11.6 Å². The number of hydrogen-bond acceptors (Lipinski definition) is 7. The van der Waals surface area contributed by atoms with E-state index in [9.17, 15) is 27.9 Å². The third-order valence-corrected chi connectivity index (χ3v) is 4.37.